The minimum Gasteiger partial charge on any atom is -0.473 e. The van der Waals surface area contributed by atoms with Crippen molar-refractivity contribution in [3.05, 3.63) is 65.2 Å². The van der Waals surface area contributed by atoms with Crippen LogP contribution in [0, 0.1) is 0 Å². The molecule has 0 bridgehead atoms. The zero-order valence-corrected chi connectivity index (χ0v) is 13.8. The van der Waals surface area contributed by atoms with Gasteiger partial charge in [0.15, 0.2) is 0 Å². The fourth-order valence-corrected chi connectivity index (χ4v) is 3.29. The van der Waals surface area contributed by atoms with Crippen LogP contribution in [0.2, 0.25) is 0 Å². The summed E-state index contributed by atoms with van der Waals surface area (Å²) in [7, 11) is 0. The summed E-state index contributed by atoms with van der Waals surface area (Å²) in [6.45, 7) is 0.383. The number of carbonyl (C=O) groups excluding carboxylic acids is 2. The van der Waals surface area contributed by atoms with Crippen molar-refractivity contribution in [2.24, 2.45) is 0 Å². The second kappa shape index (κ2) is 6.51. The molecule has 0 atom stereocenters. The Bertz CT molecular complexity index is 830. The molecule has 1 aromatic heterocycles. The zero-order valence-electron chi connectivity index (χ0n) is 13.8. The van der Waals surface area contributed by atoms with Crippen LogP contribution >= 0.6 is 0 Å². The Hall–Kier alpha value is -2.95. The molecule has 5 nitrogen and oxygen atoms in total. The fraction of sp³-hybridized carbons (Fsp3) is 0.250. The van der Waals surface area contributed by atoms with Crippen molar-refractivity contribution in [1.82, 2.24) is 4.98 Å². The highest BCUT2D eigenvalue weighted by molar-refractivity contribution is 6.32. The first-order valence-corrected chi connectivity index (χ1v) is 8.48. The Morgan fingerprint density at radius 3 is 2.24 bits per heavy atom. The lowest BCUT2D eigenvalue weighted by Crippen LogP contribution is -2.32. The summed E-state index contributed by atoms with van der Waals surface area (Å²) in [6, 6.07) is 14.9. The monoisotopic (exact) mass is 334 g/mol. The molecule has 0 saturated heterocycles. The molecule has 2 aromatic rings. The van der Waals surface area contributed by atoms with Crippen LogP contribution in [0.15, 0.2) is 59.7 Å². The van der Waals surface area contributed by atoms with Crippen LogP contribution in [-0.4, -0.2) is 16.8 Å². The predicted molar refractivity (Wildman–Crippen MR) is 93.0 cm³/mol. The van der Waals surface area contributed by atoms with Gasteiger partial charge in [-0.2, -0.15) is 4.98 Å². The maximum absolute atomic E-state index is 12.6. The maximum atomic E-state index is 12.6. The smallest absolute Gasteiger partial charge is 0.262 e. The molecular formula is C20H18N2O3. The largest absolute Gasteiger partial charge is 0.473 e. The van der Waals surface area contributed by atoms with Crippen molar-refractivity contribution in [1.29, 1.82) is 0 Å². The number of nitrogens with zero attached hydrogens (tertiary/aromatic N) is 2. The number of hydrogen-bond donors (Lipinski definition) is 0. The fourth-order valence-electron chi connectivity index (χ4n) is 3.29. The molecule has 2 heterocycles. The molecule has 0 unspecified atom stereocenters. The molecule has 0 saturated carbocycles. The summed E-state index contributed by atoms with van der Waals surface area (Å²) in [5, 5.41) is 0. The first-order valence-electron chi connectivity index (χ1n) is 8.48. The van der Waals surface area contributed by atoms with Gasteiger partial charge in [0.25, 0.3) is 11.8 Å². The van der Waals surface area contributed by atoms with Crippen molar-refractivity contribution >= 4 is 17.6 Å². The third-order valence-corrected chi connectivity index (χ3v) is 4.56. The van der Waals surface area contributed by atoms with Crippen molar-refractivity contribution < 1.29 is 14.3 Å². The van der Waals surface area contributed by atoms with Gasteiger partial charge in [-0.3, -0.25) is 9.59 Å². The molecule has 25 heavy (non-hydrogen) atoms. The molecule has 4 rings (SSSR count). The summed E-state index contributed by atoms with van der Waals surface area (Å²) in [5.74, 6) is 0.265. The molecule has 1 aliphatic carbocycles. The van der Waals surface area contributed by atoms with Gasteiger partial charge in [-0.15, -0.1) is 0 Å². The van der Waals surface area contributed by atoms with E-state index in [0.717, 1.165) is 18.4 Å². The van der Waals surface area contributed by atoms with Crippen LogP contribution in [0.3, 0.4) is 0 Å². The molecule has 0 fully saturated rings. The Morgan fingerprint density at radius 1 is 0.880 bits per heavy atom. The highest BCUT2D eigenvalue weighted by Crippen LogP contribution is 2.35. The molecule has 0 spiro atoms. The summed E-state index contributed by atoms with van der Waals surface area (Å²) >= 11 is 0. The van der Waals surface area contributed by atoms with Crippen LogP contribution in [0.25, 0.3) is 0 Å². The topological polar surface area (TPSA) is 59.5 Å². The third kappa shape index (κ3) is 2.93. The van der Waals surface area contributed by atoms with Gasteiger partial charge in [0, 0.05) is 17.2 Å². The highest BCUT2D eigenvalue weighted by atomic mass is 16.5. The lowest BCUT2D eigenvalue weighted by Gasteiger charge is -2.15. The summed E-state index contributed by atoms with van der Waals surface area (Å²) in [5.41, 5.74) is 2.35. The van der Waals surface area contributed by atoms with Crippen LogP contribution in [0.5, 0.6) is 5.88 Å². The van der Waals surface area contributed by atoms with Gasteiger partial charge < -0.3 is 4.74 Å². The number of amides is 2. The first-order chi connectivity index (χ1) is 12.2. The number of pyridine rings is 1. The Balaban J connectivity index is 1.54. The van der Waals surface area contributed by atoms with E-state index in [1.807, 2.05) is 30.3 Å². The molecule has 1 aromatic carbocycles. The van der Waals surface area contributed by atoms with Gasteiger partial charge in [-0.25, -0.2) is 4.90 Å². The lowest BCUT2D eigenvalue weighted by atomic mass is 9.93. The number of anilines is 1. The second-order valence-electron chi connectivity index (χ2n) is 6.22. The van der Waals surface area contributed by atoms with Crippen molar-refractivity contribution in [3.63, 3.8) is 0 Å². The molecule has 2 aliphatic rings. The standard InChI is InChI=1S/C20H18N2O3/c23-19-15-9-4-5-10-16(15)20(24)22(19)17-11-6-12-18(21-17)25-13-14-7-2-1-3-8-14/h1-3,6-8,11-12H,4-5,9-10,13H2. The van der Waals surface area contributed by atoms with E-state index in [-0.39, 0.29) is 11.8 Å². The quantitative estimate of drug-likeness (QED) is 0.804. The number of ether oxygens (including phenoxy) is 1. The normalized spacial score (nSPS) is 17.0. The van der Waals surface area contributed by atoms with Crippen molar-refractivity contribution in [2.75, 3.05) is 4.90 Å². The van der Waals surface area contributed by atoms with Crippen molar-refractivity contribution in [3.8, 4) is 5.88 Å². The summed E-state index contributed by atoms with van der Waals surface area (Å²) in [6.07, 6.45) is 3.28. The van der Waals surface area contributed by atoms with E-state index >= 15 is 0 Å². The SMILES string of the molecule is O=C1C2=C(CCCC2)C(=O)N1c1cccc(OCc2ccccc2)n1. The highest BCUT2D eigenvalue weighted by Gasteiger charge is 2.40. The summed E-state index contributed by atoms with van der Waals surface area (Å²) < 4.78 is 5.71. The molecule has 5 heteroatoms. The summed E-state index contributed by atoms with van der Waals surface area (Å²) in [4.78, 5) is 30.8. The molecule has 126 valence electrons. The van der Waals surface area contributed by atoms with E-state index in [4.69, 9.17) is 4.74 Å². The van der Waals surface area contributed by atoms with Gasteiger partial charge in [0.2, 0.25) is 5.88 Å². The minimum absolute atomic E-state index is 0.229. The van der Waals surface area contributed by atoms with Gasteiger partial charge >= 0.3 is 0 Å². The van der Waals surface area contributed by atoms with Crippen LogP contribution in [-0.2, 0) is 16.2 Å². The van der Waals surface area contributed by atoms with Crippen LogP contribution in [0.4, 0.5) is 5.82 Å². The van der Waals surface area contributed by atoms with Crippen LogP contribution in [0.1, 0.15) is 31.2 Å². The van der Waals surface area contributed by atoms with E-state index in [9.17, 15) is 9.59 Å². The Morgan fingerprint density at radius 2 is 1.56 bits per heavy atom. The van der Waals surface area contributed by atoms with Gasteiger partial charge in [-0.1, -0.05) is 36.4 Å². The van der Waals surface area contributed by atoms with E-state index in [0.29, 0.717) is 42.3 Å². The number of aromatic nitrogens is 1. The van der Waals surface area contributed by atoms with Crippen LogP contribution < -0.4 is 9.64 Å². The number of rotatable bonds is 4. The number of hydrogen-bond acceptors (Lipinski definition) is 4. The van der Waals surface area contributed by atoms with Gasteiger partial charge in [-0.05, 0) is 37.3 Å². The maximum Gasteiger partial charge on any atom is 0.262 e. The second-order valence-corrected chi connectivity index (χ2v) is 6.22. The molecule has 0 radical (unpaired) electrons. The average Bonchev–Trinajstić information content (AvgIpc) is 2.92. The first kappa shape index (κ1) is 15.6. The van der Waals surface area contributed by atoms with Crippen molar-refractivity contribution in [2.45, 2.75) is 32.3 Å². The molecular weight excluding hydrogens is 316 g/mol. The third-order valence-electron chi connectivity index (χ3n) is 4.56. The van der Waals surface area contributed by atoms with Gasteiger partial charge in [0.1, 0.15) is 12.4 Å². The lowest BCUT2D eigenvalue weighted by molar-refractivity contribution is -0.120. The van der Waals surface area contributed by atoms with E-state index < -0.39 is 0 Å². The van der Waals surface area contributed by atoms with E-state index in [1.54, 1.807) is 18.2 Å². The minimum atomic E-state index is -0.229. The predicted octanol–water partition coefficient (Wildman–Crippen LogP) is 3.40. The molecule has 1 aliphatic heterocycles. The molecule has 0 N–H and O–H groups in total. The number of benzene rings is 1. The Labute approximate surface area is 145 Å². The van der Waals surface area contributed by atoms with E-state index in [1.165, 1.54) is 4.90 Å². The van der Waals surface area contributed by atoms with Gasteiger partial charge in [0.05, 0.1) is 0 Å². The average molecular weight is 334 g/mol. The Kier molecular flexibility index (Phi) is 4.06. The number of imide groups is 1. The number of carbonyl (C=O) groups is 2. The molecule has 2 amide bonds. The van der Waals surface area contributed by atoms with E-state index in [2.05, 4.69) is 4.98 Å². The zero-order chi connectivity index (χ0) is 17.2.